The van der Waals surface area contributed by atoms with Crippen LogP contribution in [-0.2, 0) is 4.79 Å². The molecule has 2 rings (SSSR count). The summed E-state index contributed by atoms with van der Waals surface area (Å²) in [5.74, 6) is 1.19. The summed E-state index contributed by atoms with van der Waals surface area (Å²) in [7, 11) is 0. The highest BCUT2D eigenvalue weighted by molar-refractivity contribution is 6.30. The van der Waals surface area contributed by atoms with Gasteiger partial charge in [0.05, 0.1) is 0 Å². The molecule has 0 radical (unpaired) electrons. The van der Waals surface area contributed by atoms with Gasteiger partial charge >= 0.3 is 0 Å². The van der Waals surface area contributed by atoms with E-state index in [-0.39, 0.29) is 5.91 Å². The van der Waals surface area contributed by atoms with Gasteiger partial charge in [-0.25, -0.2) is 0 Å². The van der Waals surface area contributed by atoms with E-state index >= 15 is 0 Å². The minimum atomic E-state index is -0.503. The number of carbonyl (C=O) groups is 1. The molecular weight excluding hydrogens is 274 g/mol. The van der Waals surface area contributed by atoms with Crippen molar-refractivity contribution in [3.8, 4) is 5.75 Å². The molecule has 4 heteroatoms. The number of ether oxygens (including phenoxy) is 1. The maximum absolute atomic E-state index is 12.0. The molecule has 1 saturated carbocycles. The van der Waals surface area contributed by atoms with E-state index in [9.17, 15) is 4.79 Å². The lowest BCUT2D eigenvalue weighted by atomic mass is 9.89. The van der Waals surface area contributed by atoms with Crippen molar-refractivity contribution in [3.05, 3.63) is 29.3 Å². The summed E-state index contributed by atoms with van der Waals surface area (Å²) in [5.41, 5.74) is 0. The fraction of sp³-hybridized carbons (Fsp3) is 0.562. The molecule has 110 valence electrons. The highest BCUT2D eigenvalue weighted by Gasteiger charge is 2.18. The molecule has 1 N–H and O–H groups in total. The Morgan fingerprint density at radius 2 is 2.15 bits per heavy atom. The van der Waals surface area contributed by atoms with Crippen molar-refractivity contribution < 1.29 is 9.53 Å². The van der Waals surface area contributed by atoms with Crippen molar-refractivity contribution in [1.82, 2.24) is 5.32 Å². The summed E-state index contributed by atoms with van der Waals surface area (Å²) in [6.07, 6.45) is 5.85. The van der Waals surface area contributed by atoms with Gasteiger partial charge < -0.3 is 10.1 Å². The van der Waals surface area contributed by atoms with Gasteiger partial charge in [-0.15, -0.1) is 0 Å². The predicted octanol–water partition coefficient (Wildman–Crippen LogP) is 3.80. The Balaban J connectivity index is 1.76. The van der Waals surface area contributed by atoms with E-state index in [0.717, 1.165) is 6.54 Å². The third-order valence-electron chi connectivity index (χ3n) is 3.77. The van der Waals surface area contributed by atoms with Crippen molar-refractivity contribution in [2.45, 2.75) is 45.1 Å². The van der Waals surface area contributed by atoms with Crippen LogP contribution in [-0.4, -0.2) is 18.6 Å². The Morgan fingerprint density at radius 1 is 1.40 bits per heavy atom. The molecule has 0 saturated heterocycles. The third kappa shape index (κ3) is 4.71. The fourth-order valence-corrected chi connectivity index (χ4v) is 2.76. The molecule has 1 atom stereocenters. The molecule has 1 aromatic carbocycles. The van der Waals surface area contributed by atoms with Crippen LogP contribution in [0.5, 0.6) is 5.75 Å². The van der Waals surface area contributed by atoms with Crippen molar-refractivity contribution in [3.63, 3.8) is 0 Å². The Morgan fingerprint density at radius 3 is 2.85 bits per heavy atom. The molecule has 1 amide bonds. The maximum Gasteiger partial charge on any atom is 0.260 e. The van der Waals surface area contributed by atoms with E-state index in [1.54, 1.807) is 25.1 Å². The Hall–Kier alpha value is -1.22. The van der Waals surface area contributed by atoms with E-state index in [4.69, 9.17) is 16.3 Å². The Labute approximate surface area is 125 Å². The van der Waals surface area contributed by atoms with E-state index in [2.05, 4.69) is 5.32 Å². The summed E-state index contributed by atoms with van der Waals surface area (Å²) in [6, 6.07) is 7.11. The first-order valence-corrected chi connectivity index (χ1v) is 7.73. The molecule has 3 nitrogen and oxygen atoms in total. The number of rotatable bonds is 5. The zero-order valence-corrected chi connectivity index (χ0v) is 12.7. The van der Waals surface area contributed by atoms with Gasteiger partial charge in [-0.1, -0.05) is 36.9 Å². The zero-order valence-electron chi connectivity index (χ0n) is 11.9. The van der Waals surface area contributed by atoms with Crippen molar-refractivity contribution in [2.75, 3.05) is 6.54 Å². The lowest BCUT2D eigenvalue weighted by molar-refractivity contribution is -0.127. The Kier molecular flexibility index (Phi) is 5.72. The number of carbonyl (C=O) groups excluding carboxylic acids is 1. The Bertz CT molecular complexity index is 444. The molecule has 1 fully saturated rings. The van der Waals surface area contributed by atoms with E-state index < -0.39 is 6.10 Å². The van der Waals surface area contributed by atoms with Gasteiger partial charge in [-0.2, -0.15) is 0 Å². The zero-order chi connectivity index (χ0) is 14.4. The van der Waals surface area contributed by atoms with Gasteiger partial charge in [-0.3, -0.25) is 4.79 Å². The van der Waals surface area contributed by atoms with Crippen LogP contribution in [0.25, 0.3) is 0 Å². The van der Waals surface area contributed by atoms with Crippen LogP contribution in [0.4, 0.5) is 0 Å². The van der Waals surface area contributed by atoms with Crippen LogP contribution in [0.2, 0.25) is 5.02 Å². The first-order chi connectivity index (χ1) is 9.65. The molecular formula is C16H22ClNO2. The maximum atomic E-state index is 12.0. The minimum Gasteiger partial charge on any atom is -0.481 e. The van der Waals surface area contributed by atoms with Gasteiger partial charge in [-0.05, 0) is 43.9 Å². The quantitative estimate of drug-likeness (QED) is 0.897. The average Bonchev–Trinajstić information content (AvgIpc) is 2.46. The van der Waals surface area contributed by atoms with Gasteiger partial charge in [0, 0.05) is 11.6 Å². The lowest BCUT2D eigenvalue weighted by Gasteiger charge is -2.23. The van der Waals surface area contributed by atoms with Crippen LogP contribution in [0.15, 0.2) is 24.3 Å². The standard InChI is InChI=1S/C16H22ClNO2/c1-12(20-15-9-5-8-14(17)10-15)16(19)18-11-13-6-3-2-4-7-13/h5,8-10,12-13H,2-4,6-7,11H2,1H3,(H,18,19)/t12-/m0/s1. The second-order valence-electron chi connectivity index (χ2n) is 5.47. The molecule has 0 heterocycles. The fourth-order valence-electron chi connectivity index (χ4n) is 2.58. The normalized spacial score (nSPS) is 17.5. The summed E-state index contributed by atoms with van der Waals surface area (Å²) < 4.78 is 5.60. The SMILES string of the molecule is C[C@H](Oc1cccc(Cl)c1)C(=O)NCC1CCCCC1. The summed E-state index contributed by atoms with van der Waals surface area (Å²) in [6.45, 7) is 2.53. The molecule has 20 heavy (non-hydrogen) atoms. The van der Waals surface area contributed by atoms with E-state index in [1.165, 1.54) is 32.1 Å². The molecule has 0 spiro atoms. The van der Waals surface area contributed by atoms with E-state index in [0.29, 0.717) is 16.7 Å². The smallest absolute Gasteiger partial charge is 0.260 e. The highest BCUT2D eigenvalue weighted by atomic mass is 35.5. The summed E-state index contributed by atoms with van der Waals surface area (Å²) in [5, 5.41) is 3.60. The number of halogens is 1. The van der Waals surface area contributed by atoms with Crippen LogP contribution in [0.3, 0.4) is 0 Å². The van der Waals surface area contributed by atoms with Crippen molar-refractivity contribution in [1.29, 1.82) is 0 Å². The molecule has 0 bridgehead atoms. The predicted molar refractivity (Wildman–Crippen MR) is 81.1 cm³/mol. The van der Waals surface area contributed by atoms with Crippen molar-refractivity contribution in [2.24, 2.45) is 5.92 Å². The summed E-state index contributed by atoms with van der Waals surface area (Å²) >= 11 is 5.89. The number of nitrogens with one attached hydrogen (secondary N) is 1. The topological polar surface area (TPSA) is 38.3 Å². The van der Waals surface area contributed by atoms with Gasteiger partial charge in [0.1, 0.15) is 5.75 Å². The molecule has 0 aromatic heterocycles. The number of hydrogen-bond acceptors (Lipinski definition) is 2. The second-order valence-corrected chi connectivity index (χ2v) is 5.90. The molecule has 1 aromatic rings. The monoisotopic (exact) mass is 295 g/mol. The number of benzene rings is 1. The van der Waals surface area contributed by atoms with Gasteiger partial charge in [0.25, 0.3) is 5.91 Å². The van der Waals surface area contributed by atoms with E-state index in [1.807, 2.05) is 6.07 Å². The highest BCUT2D eigenvalue weighted by Crippen LogP contribution is 2.23. The summed E-state index contributed by atoms with van der Waals surface area (Å²) in [4.78, 5) is 12.0. The van der Waals surface area contributed by atoms with Crippen LogP contribution < -0.4 is 10.1 Å². The lowest BCUT2D eigenvalue weighted by Crippen LogP contribution is -2.39. The van der Waals surface area contributed by atoms with Crippen molar-refractivity contribution >= 4 is 17.5 Å². The largest absolute Gasteiger partial charge is 0.481 e. The molecule has 0 unspecified atom stereocenters. The number of hydrogen-bond donors (Lipinski definition) is 1. The molecule has 1 aliphatic rings. The molecule has 1 aliphatic carbocycles. The number of amides is 1. The van der Waals surface area contributed by atoms with Gasteiger partial charge in [0.2, 0.25) is 0 Å². The molecule has 0 aliphatic heterocycles. The first-order valence-electron chi connectivity index (χ1n) is 7.35. The van der Waals surface area contributed by atoms with Crippen LogP contribution >= 0.6 is 11.6 Å². The minimum absolute atomic E-state index is 0.0597. The van der Waals surface area contributed by atoms with Crippen LogP contribution in [0.1, 0.15) is 39.0 Å². The van der Waals surface area contributed by atoms with Gasteiger partial charge in [0.15, 0.2) is 6.10 Å². The third-order valence-corrected chi connectivity index (χ3v) is 4.00. The second kappa shape index (κ2) is 7.53. The first kappa shape index (κ1) is 15.2. The van der Waals surface area contributed by atoms with Crippen LogP contribution in [0, 0.1) is 5.92 Å². The average molecular weight is 296 g/mol.